The summed E-state index contributed by atoms with van der Waals surface area (Å²) in [5, 5.41) is 11.3. The summed E-state index contributed by atoms with van der Waals surface area (Å²) in [6.45, 7) is 0.660. The van der Waals surface area contributed by atoms with Crippen LogP contribution >= 0.6 is 22.6 Å². The van der Waals surface area contributed by atoms with Crippen LogP contribution in [0.2, 0.25) is 0 Å². The molecule has 0 amide bonds. The van der Waals surface area contributed by atoms with Crippen molar-refractivity contribution in [1.29, 1.82) is 0 Å². The fourth-order valence-electron chi connectivity index (χ4n) is 4.36. The molecule has 2 unspecified atom stereocenters. The molecule has 1 aromatic rings. The summed E-state index contributed by atoms with van der Waals surface area (Å²) < 4.78 is 1.27. The lowest BCUT2D eigenvalue weighted by Crippen LogP contribution is -2.57. The van der Waals surface area contributed by atoms with Gasteiger partial charge in [-0.05, 0) is 84.5 Å². The molecular formula is C16H22INO. The molecule has 0 saturated heterocycles. The highest BCUT2D eigenvalue weighted by molar-refractivity contribution is 14.1. The van der Waals surface area contributed by atoms with Gasteiger partial charge in [-0.3, -0.25) is 0 Å². The van der Waals surface area contributed by atoms with E-state index in [1.807, 2.05) is 0 Å². The van der Waals surface area contributed by atoms with E-state index in [1.54, 1.807) is 0 Å². The Bertz CT molecular complexity index is 486. The minimum Gasteiger partial charge on any atom is -0.389 e. The van der Waals surface area contributed by atoms with Crippen molar-refractivity contribution in [2.75, 3.05) is 6.54 Å². The Morgan fingerprint density at radius 2 is 2.00 bits per heavy atom. The first-order chi connectivity index (χ1) is 9.11. The topological polar surface area (TPSA) is 46.2 Å². The zero-order valence-corrected chi connectivity index (χ0v) is 13.4. The molecule has 2 aliphatic rings. The summed E-state index contributed by atoms with van der Waals surface area (Å²) in [6.07, 6.45) is 7.23. The first-order valence-corrected chi connectivity index (χ1v) is 8.41. The van der Waals surface area contributed by atoms with Gasteiger partial charge in [0.2, 0.25) is 0 Å². The predicted molar refractivity (Wildman–Crippen MR) is 86.2 cm³/mol. The molecule has 1 saturated carbocycles. The van der Waals surface area contributed by atoms with Crippen molar-refractivity contribution in [2.24, 2.45) is 5.73 Å². The van der Waals surface area contributed by atoms with Crippen molar-refractivity contribution in [3.8, 4) is 0 Å². The third-order valence-corrected chi connectivity index (χ3v) is 5.97. The molecule has 0 bridgehead atoms. The number of aryl methyl sites for hydroxylation is 1. The van der Waals surface area contributed by atoms with Crippen LogP contribution in [0.4, 0.5) is 0 Å². The Morgan fingerprint density at radius 3 is 2.79 bits per heavy atom. The second-order valence-corrected chi connectivity index (χ2v) is 7.41. The van der Waals surface area contributed by atoms with Crippen LogP contribution in [-0.2, 0) is 11.8 Å². The van der Waals surface area contributed by atoms with Crippen LogP contribution in [0.5, 0.6) is 0 Å². The van der Waals surface area contributed by atoms with E-state index in [4.69, 9.17) is 5.73 Å². The van der Waals surface area contributed by atoms with Gasteiger partial charge in [-0.25, -0.2) is 0 Å². The third kappa shape index (κ3) is 2.05. The maximum absolute atomic E-state index is 11.3. The summed E-state index contributed by atoms with van der Waals surface area (Å²) in [4.78, 5) is 0. The highest BCUT2D eigenvalue weighted by atomic mass is 127. The molecule has 2 aliphatic carbocycles. The second-order valence-electron chi connectivity index (χ2n) is 6.16. The number of rotatable bonds is 2. The van der Waals surface area contributed by atoms with E-state index in [0.717, 1.165) is 38.5 Å². The molecule has 2 nitrogen and oxygen atoms in total. The van der Waals surface area contributed by atoms with Crippen LogP contribution in [0, 0.1) is 3.57 Å². The predicted octanol–water partition coefficient (Wildman–Crippen LogP) is 3.13. The summed E-state index contributed by atoms with van der Waals surface area (Å²) in [7, 11) is 0. The number of aliphatic hydroxyl groups is 1. The van der Waals surface area contributed by atoms with Gasteiger partial charge in [0, 0.05) is 8.99 Å². The highest BCUT2D eigenvalue weighted by Crippen LogP contribution is 2.54. The number of hydrogen-bond acceptors (Lipinski definition) is 2. The minimum absolute atomic E-state index is 0.0885. The summed E-state index contributed by atoms with van der Waals surface area (Å²) in [5.41, 5.74) is 8.11. The quantitative estimate of drug-likeness (QED) is 0.785. The normalized spacial score (nSPS) is 33.6. The van der Waals surface area contributed by atoms with Crippen molar-refractivity contribution in [3.63, 3.8) is 0 Å². The van der Waals surface area contributed by atoms with Crippen molar-refractivity contribution >= 4 is 22.6 Å². The van der Waals surface area contributed by atoms with E-state index in [-0.39, 0.29) is 5.41 Å². The molecule has 0 heterocycles. The number of fused-ring (bicyclic) bond motifs is 3. The van der Waals surface area contributed by atoms with Gasteiger partial charge < -0.3 is 10.8 Å². The molecule has 3 heteroatoms. The largest absolute Gasteiger partial charge is 0.389 e. The SMILES string of the molecule is NCCC12CCCCC1(O)CCc1ccc(I)cc12. The molecule has 0 spiro atoms. The van der Waals surface area contributed by atoms with Crippen molar-refractivity contribution in [3.05, 3.63) is 32.9 Å². The average molecular weight is 371 g/mol. The summed E-state index contributed by atoms with van der Waals surface area (Å²) in [5.74, 6) is 0. The van der Waals surface area contributed by atoms with Crippen LogP contribution in [-0.4, -0.2) is 17.3 Å². The summed E-state index contributed by atoms with van der Waals surface area (Å²) >= 11 is 2.38. The number of nitrogens with two attached hydrogens (primary N) is 1. The molecule has 104 valence electrons. The lowest BCUT2D eigenvalue weighted by molar-refractivity contribution is -0.0862. The molecule has 2 atom stereocenters. The van der Waals surface area contributed by atoms with Crippen LogP contribution in [0.3, 0.4) is 0 Å². The molecule has 0 radical (unpaired) electrons. The van der Waals surface area contributed by atoms with Crippen LogP contribution in [0.15, 0.2) is 18.2 Å². The molecule has 19 heavy (non-hydrogen) atoms. The van der Waals surface area contributed by atoms with Gasteiger partial charge in [0.05, 0.1) is 5.60 Å². The Kier molecular flexibility index (Phi) is 3.65. The maximum atomic E-state index is 11.3. The number of halogens is 1. The minimum atomic E-state index is -0.526. The van der Waals surface area contributed by atoms with E-state index in [2.05, 4.69) is 40.8 Å². The Morgan fingerprint density at radius 1 is 1.21 bits per heavy atom. The Balaban J connectivity index is 2.17. The van der Waals surface area contributed by atoms with E-state index >= 15 is 0 Å². The van der Waals surface area contributed by atoms with Crippen molar-refractivity contribution in [2.45, 2.75) is 56.0 Å². The standard InChI is InChI=1S/C16H22INO/c17-13-4-3-12-5-8-16(19)7-2-1-6-15(16,9-10-18)14(12)11-13/h3-4,11,19H,1-2,5-10,18H2. The molecule has 3 N–H and O–H groups in total. The van der Waals surface area contributed by atoms with Gasteiger partial charge >= 0.3 is 0 Å². The van der Waals surface area contributed by atoms with Crippen molar-refractivity contribution < 1.29 is 5.11 Å². The first-order valence-electron chi connectivity index (χ1n) is 7.33. The third-order valence-electron chi connectivity index (χ3n) is 5.30. The van der Waals surface area contributed by atoms with E-state index < -0.39 is 5.60 Å². The van der Waals surface area contributed by atoms with Crippen LogP contribution in [0.25, 0.3) is 0 Å². The molecular weight excluding hydrogens is 349 g/mol. The van der Waals surface area contributed by atoms with Gasteiger partial charge in [-0.1, -0.05) is 18.9 Å². The van der Waals surface area contributed by atoms with Gasteiger partial charge in [0.25, 0.3) is 0 Å². The fraction of sp³-hybridized carbons (Fsp3) is 0.625. The number of benzene rings is 1. The lowest BCUT2D eigenvalue weighted by atomic mass is 9.53. The van der Waals surface area contributed by atoms with Gasteiger partial charge in [-0.15, -0.1) is 0 Å². The molecule has 1 aromatic carbocycles. The second kappa shape index (κ2) is 5.01. The Labute approximate surface area is 128 Å². The maximum Gasteiger partial charge on any atom is 0.0747 e. The average Bonchev–Trinajstić information content (AvgIpc) is 2.40. The van der Waals surface area contributed by atoms with Crippen LogP contribution < -0.4 is 5.73 Å². The van der Waals surface area contributed by atoms with Gasteiger partial charge in [0.1, 0.15) is 0 Å². The van der Waals surface area contributed by atoms with Gasteiger partial charge in [0.15, 0.2) is 0 Å². The monoisotopic (exact) mass is 371 g/mol. The molecule has 3 rings (SSSR count). The zero-order chi connectivity index (χ0) is 13.5. The van der Waals surface area contributed by atoms with E-state index in [1.165, 1.54) is 21.1 Å². The fourth-order valence-corrected chi connectivity index (χ4v) is 4.85. The molecule has 0 aliphatic heterocycles. The molecule has 1 fully saturated rings. The number of hydrogen-bond donors (Lipinski definition) is 2. The van der Waals surface area contributed by atoms with Gasteiger partial charge in [-0.2, -0.15) is 0 Å². The van der Waals surface area contributed by atoms with Crippen molar-refractivity contribution in [1.82, 2.24) is 0 Å². The Hall–Kier alpha value is -0.130. The zero-order valence-electron chi connectivity index (χ0n) is 11.3. The molecule has 0 aromatic heterocycles. The van der Waals surface area contributed by atoms with E-state index in [9.17, 15) is 5.11 Å². The lowest BCUT2D eigenvalue weighted by Gasteiger charge is -2.54. The van der Waals surface area contributed by atoms with Crippen LogP contribution in [0.1, 0.15) is 49.7 Å². The van der Waals surface area contributed by atoms with E-state index in [0.29, 0.717) is 6.54 Å². The highest BCUT2D eigenvalue weighted by Gasteiger charge is 2.54. The summed E-state index contributed by atoms with van der Waals surface area (Å²) in [6, 6.07) is 6.73. The first kappa shape index (κ1) is 13.8. The smallest absolute Gasteiger partial charge is 0.0747 e.